The molecular weight excluding hydrogens is 348 g/mol. The summed E-state index contributed by atoms with van der Waals surface area (Å²) in [5.74, 6) is 0.250. The van der Waals surface area contributed by atoms with E-state index in [1.807, 2.05) is 4.72 Å². The molecule has 9 heteroatoms. The average molecular weight is 362 g/mol. The summed E-state index contributed by atoms with van der Waals surface area (Å²) in [5.41, 5.74) is 0.183. The number of benzene rings is 2. The Morgan fingerprint density at radius 1 is 1.04 bits per heavy atom. The molecule has 3 rings (SSSR count). The molecule has 1 amide bonds. The number of ether oxygens (including phenoxy) is 2. The lowest BCUT2D eigenvalue weighted by molar-refractivity contribution is 0.0653. The first-order valence-corrected chi connectivity index (χ1v) is 8.76. The third-order valence-electron chi connectivity index (χ3n) is 3.14. The minimum atomic E-state index is -4.20. The van der Waals surface area contributed by atoms with Gasteiger partial charge in [0.1, 0.15) is 17.3 Å². The van der Waals surface area contributed by atoms with Gasteiger partial charge in [-0.2, -0.15) is 0 Å². The molecule has 0 fully saturated rings. The number of hydrogen-bond acceptors (Lipinski definition) is 7. The highest BCUT2D eigenvalue weighted by molar-refractivity contribution is 7.90. The van der Waals surface area contributed by atoms with E-state index >= 15 is 0 Å². The van der Waals surface area contributed by atoms with Crippen molar-refractivity contribution in [2.45, 2.75) is 4.90 Å². The minimum Gasteiger partial charge on any atom is -0.471 e. The second-order valence-electron chi connectivity index (χ2n) is 4.88. The summed E-state index contributed by atoms with van der Waals surface area (Å²) in [5, 5.41) is 3.71. The molecule has 1 N–H and O–H groups in total. The molecule has 0 radical (unpaired) electrons. The summed E-state index contributed by atoms with van der Waals surface area (Å²) in [6.45, 7) is 0.525. The number of para-hydroxylation sites is 1. The van der Waals surface area contributed by atoms with E-state index in [9.17, 15) is 13.2 Å². The Kier molecular flexibility index (Phi) is 4.85. The van der Waals surface area contributed by atoms with E-state index in [2.05, 4.69) is 5.16 Å². The number of carbonyl (C=O) groups is 1. The van der Waals surface area contributed by atoms with Crippen molar-refractivity contribution >= 4 is 22.0 Å². The topological polar surface area (TPSA) is 103 Å². The van der Waals surface area contributed by atoms with Crippen molar-refractivity contribution in [2.24, 2.45) is 5.16 Å². The first kappa shape index (κ1) is 16.8. The van der Waals surface area contributed by atoms with Crippen LogP contribution in [0.4, 0.5) is 4.79 Å². The minimum absolute atomic E-state index is 0.0312. The molecule has 8 nitrogen and oxygen atoms in total. The third kappa shape index (κ3) is 4.07. The third-order valence-corrected chi connectivity index (χ3v) is 4.51. The first-order chi connectivity index (χ1) is 12.1. The molecule has 0 spiro atoms. The SMILES string of the molecule is O=C(NS(=O)(=O)c1ccccc1C1=NOCCO1)Oc1ccccc1. The van der Waals surface area contributed by atoms with Gasteiger partial charge in [0.15, 0.2) is 6.61 Å². The first-order valence-electron chi connectivity index (χ1n) is 7.28. The Morgan fingerprint density at radius 2 is 1.76 bits per heavy atom. The lowest BCUT2D eigenvalue weighted by Crippen LogP contribution is -2.34. The van der Waals surface area contributed by atoms with Crippen LogP contribution in [0.1, 0.15) is 5.56 Å². The van der Waals surface area contributed by atoms with Crippen molar-refractivity contribution in [1.82, 2.24) is 4.72 Å². The maximum absolute atomic E-state index is 12.5. The molecule has 130 valence electrons. The van der Waals surface area contributed by atoms with Gasteiger partial charge in [0.25, 0.3) is 15.9 Å². The molecule has 2 aromatic carbocycles. The van der Waals surface area contributed by atoms with Gasteiger partial charge in [-0.25, -0.2) is 17.9 Å². The van der Waals surface area contributed by atoms with Gasteiger partial charge in [-0.05, 0) is 29.4 Å². The lowest BCUT2D eigenvalue weighted by atomic mass is 10.2. The van der Waals surface area contributed by atoms with E-state index < -0.39 is 16.1 Å². The maximum Gasteiger partial charge on any atom is 0.426 e. The van der Waals surface area contributed by atoms with Gasteiger partial charge in [0, 0.05) is 0 Å². The molecule has 25 heavy (non-hydrogen) atoms. The van der Waals surface area contributed by atoms with Gasteiger partial charge in [-0.3, -0.25) is 0 Å². The van der Waals surface area contributed by atoms with Crippen molar-refractivity contribution in [3.05, 3.63) is 60.2 Å². The Balaban J connectivity index is 1.83. The van der Waals surface area contributed by atoms with Crippen LogP contribution in [-0.4, -0.2) is 33.6 Å². The normalized spacial score (nSPS) is 13.8. The van der Waals surface area contributed by atoms with E-state index in [4.69, 9.17) is 14.3 Å². The van der Waals surface area contributed by atoms with E-state index in [0.29, 0.717) is 0 Å². The molecular formula is C16H14N2O6S. The Labute approximate surface area is 144 Å². The Morgan fingerprint density at radius 3 is 2.48 bits per heavy atom. The summed E-state index contributed by atoms with van der Waals surface area (Å²) < 4.78 is 37.2. The standard InChI is InChI=1S/C16H14N2O6S/c19-16(24-12-6-2-1-3-7-12)18-25(20,21)14-9-5-4-8-13(14)15-17-23-11-10-22-15/h1-9H,10-11H2,(H,18,19). The quantitative estimate of drug-likeness (QED) is 0.891. The fourth-order valence-corrected chi connectivity index (χ4v) is 3.17. The van der Waals surface area contributed by atoms with E-state index in [1.54, 1.807) is 24.3 Å². The van der Waals surface area contributed by atoms with Crippen molar-refractivity contribution in [3.63, 3.8) is 0 Å². The number of hydrogen-bond donors (Lipinski definition) is 1. The number of sulfonamides is 1. The molecule has 1 heterocycles. The maximum atomic E-state index is 12.5. The van der Waals surface area contributed by atoms with Crippen LogP contribution in [0.3, 0.4) is 0 Å². The molecule has 1 aliphatic rings. The second kappa shape index (κ2) is 7.22. The van der Waals surface area contributed by atoms with Crippen LogP contribution >= 0.6 is 0 Å². The summed E-state index contributed by atoms with van der Waals surface area (Å²) in [7, 11) is -4.20. The van der Waals surface area contributed by atoms with Crippen LogP contribution < -0.4 is 9.46 Å². The van der Waals surface area contributed by atoms with Crippen LogP contribution in [-0.2, 0) is 19.6 Å². The number of amides is 1. The summed E-state index contributed by atoms with van der Waals surface area (Å²) in [4.78, 5) is 16.6. The molecule has 0 aliphatic carbocycles. The van der Waals surface area contributed by atoms with Gasteiger partial charge >= 0.3 is 6.09 Å². The van der Waals surface area contributed by atoms with Gasteiger partial charge in [0.2, 0.25) is 0 Å². The highest BCUT2D eigenvalue weighted by Gasteiger charge is 2.26. The zero-order chi connectivity index (χ0) is 17.7. The largest absolute Gasteiger partial charge is 0.471 e. The van der Waals surface area contributed by atoms with Gasteiger partial charge < -0.3 is 14.3 Å². The number of oxime groups is 1. The molecule has 0 unspecified atom stereocenters. The summed E-state index contributed by atoms with van der Waals surface area (Å²) in [6.07, 6.45) is -1.12. The fraction of sp³-hybridized carbons (Fsp3) is 0.125. The fourth-order valence-electron chi connectivity index (χ4n) is 2.09. The Hall–Kier alpha value is -3.07. The molecule has 0 saturated carbocycles. The van der Waals surface area contributed by atoms with Crippen LogP contribution in [0.5, 0.6) is 5.75 Å². The highest BCUT2D eigenvalue weighted by Crippen LogP contribution is 2.19. The van der Waals surface area contributed by atoms with Gasteiger partial charge in [-0.1, -0.05) is 30.3 Å². The zero-order valence-electron chi connectivity index (χ0n) is 12.9. The number of carbonyl (C=O) groups excluding carboxylic acids is 1. The van der Waals surface area contributed by atoms with Crippen LogP contribution in [0.25, 0.3) is 0 Å². The summed E-state index contributed by atoms with van der Waals surface area (Å²) in [6, 6.07) is 14.1. The smallest absolute Gasteiger partial charge is 0.426 e. The van der Waals surface area contributed by atoms with E-state index in [-0.39, 0.29) is 35.3 Å². The van der Waals surface area contributed by atoms with Gasteiger partial charge in [-0.15, -0.1) is 0 Å². The van der Waals surface area contributed by atoms with Crippen molar-refractivity contribution in [2.75, 3.05) is 13.2 Å². The number of nitrogens with one attached hydrogen (secondary N) is 1. The monoisotopic (exact) mass is 362 g/mol. The van der Waals surface area contributed by atoms with Crippen molar-refractivity contribution in [1.29, 1.82) is 0 Å². The van der Waals surface area contributed by atoms with E-state index in [1.165, 1.54) is 30.3 Å². The number of nitrogens with zero attached hydrogens (tertiary/aromatic N) is 1. The molecule has 0 bridgehead atoms. The van der Waals surface area contributed by atoms with E-state index in [0.717, 1.165) is 0 Å². The zero-order valence-corrected chi connectivity index (χ0v) is 13.7. The molecule has 0 atom stereocenters. The molecule has 0 aromatic heterocycles. The predicted octanol–water partition coefficient (Wildman–Crippen LogP) is 1.87. The van der Waals surface area contributed by atoms with Crippen molar-refractivity contribution in [3.8, 4) is 5.75 Å². The molecule has 0 saturated heterocycles. The van der Waals surface area contributed by atoms with Crippen LogP contribution in [0.2, 0.25) is 0 Å². The van der Waals surface area contributed by atoms with Gasteiger partial charge in [0.05, 0.1) is 5.56 Å². The summed E-state index contributed by atoms with van der Waals surface area (Å²) >= 11 is 0. The number of rotatable bonds is 4. The molecule has 2 aromatic rings. The van der Waals surface area contributed by atoms with Crippen LogP contribution in [0, 0.1) is 0 Å². The lowest BCUT2D eigenvalue weighted by Gasteiger charge is -2.16. The van der Waals surface area contributed by atoms with Crippen molar-refractivity contribution < 1.29 is 27.5 Å². The predicted molar refractivity (Wildman–Crippen MR) is 87.7 cm³/mol. The molecule has 1 aliphatic heterocycles. The Bertz CT molecular complexity index is 896. The second-order valence-corrected chi connectivity index (χ2v) is 6.53. The highest BCUT2D eigenvalue weighted by atomic mass is 32.2. The average Bonchev–Trinajstić information content (AvgIpc) is 2.63. The van der Waals surface area contributed by atoms with Crippen LogP contribution in [0.15, 0.2) is 64.6 Å².